The van der Waals surface area contributed by atoms with Crippen LogP contribution in [0.2, 0.25) is 0 Å². The van der Waals surface area contributed by atoms with Crippen molar-refractivity contribution in [2.45, 2.75) is 45.7 Å². The molecule has 19 heavy (non-hydrogen) atoms. The lowest BCUT2D eigenvalue weighted by Gasteiger charge is -2.28. The molecule has 1 N–H and O–H groups in total. The molecule has 1 unspecified atom stereocenters. The van der Waals surface area contributed by atoms with E-state index in [0.29, 0.717) is 6.04 Å². The van der Waals surface area contributed by atoms with Gasteiger partial charge in [0, 0.05) is 31.4 Å². The summed E-state index contributed by atoms with van der Waals surface area (Å²) in [5, 5.41) is 3.75. The first-order valence-corrected chi connectivity index (χ1v) is 7.78. The van der Waals surface area contributed by atoms with E-state index >= 15 is 0 Å². The van der Waals surface area contributed by atoms with E-state index in [4.69, 9.17) is 0 Å². The van der Waals surface area contributed by atoms with Gasteiger partial charge in [-0.3, -0.25) is 0 Å². The van der Waals surface area contributed by atoms with E-state index in [1.54, 1.807) is 0 Å². The summed E-state index contributed by atoms with van der Waals surface area (Å²) in [7, 11) is 0. The average Bonchev–Trinajstić information content (AvgIpc) is 3.19. The van der Waals surface area contributed by atoms with E-state index in [1.165, 1.54) is 43.6 Å². The zero-order chi connectivity index (χ0) is 13.2. The number of anilines is 1. The van der Waals surface area contributed by atoms with Crippen LogP contribution in [0.5, 0.6) is 0 Å². The molecule has 1 aliphatic carbocycles. The fraction of sp³-hybridized carbons (Fsp3) is 0.647. The van der Waals surface area contributed by atoms with Crippen molar-refractivity contribution >= 4 is 5.69 Å². The van der Waals surface area contributed by atoms with Crippen LogP contribution >= 0.6 is 0 Å². The first-order valence-electron chi connectivity index (χ1n) is 7.78. The van der Waals surface area contributed by atoms with Crippen molar-refractivity contribution in [3.05, 3.63) is 29.8 Å². The summed E-state index contributed by atoms with van der Waals surface area (Å²) < 4.78 is 0. The first kappa shape index (κ1) is 13.0. The second-order valence-corrected chi connectivity index (χ2v) is 6.68. The van der Waals surface area contributed by atoms with Gasteiger partial charge in [0.25, 0.3) is 0 Å². The molecule has 2 heteroatoms. The number of hydrogen-bond donors (Lipinski definition) is 1. The Kier molecular flexibility index (Phi) is 3.79. The minimum absolute atomic E-state index is 0.631. The molecule has 3 rings (SSSR count). The van der Waals surface area contributed by atoms with Gasteiger partial charge in [0.2, 0.25) is 0 Å². The minimum atomic E-state index is 0.631. The Morgan fingerprint density at radius 1 is 1.26 bits per heavy atom. The largest absolute Gasteiger partial charge is 0.369 e. The predicted molar refractivity (Wildman–Crippen MR) is 81.5 cm³/mol. The number of hydrogen-bond acceptors (Lipinski definition) is 2. The lowest BCUT2D eigenvalue weighted by Crippen LogP contribution is -2.39. The van der Waals surface area contributed by atoms with Gasteiger partial charge in [0.05, 0.1) is 0 Å². The molecule has 0 bridgehead atoms. The highest BCUT2D eigenvalue weighted by atomic mass is 15.2. The van der Waals surface area contributed by atoms with E-state index < -0.39 is 0 Å². The van der Waals surface area contributed by atoms with Gasteiger partial charge >= 0.3 is 0 Å². The molecule has 2 nitrogen and oxygen atoms in total. The number of benzene rings is 1. The van der Waals surface area contributed by atoms with Crippen molar-refractivity contribution in [3.63, 3.8) is 0 Å². The standard InChI is InChI=1S/C17H26N2/c1-13(2)9-16-12-19(11-14-7-8-14)17-6-4-3-5-15(17)10-18-16/h3-6,13-14,16,18H,7-12H2,1-2H3. The van der Waals surface area contributed by atoms with Crippen LogP contribution in [0, 0.1) is 11.8 Å². The lowest BCUT2D eigenvalue weighted by atomic mass is 10.0. The van der Waals surface area contributed by atoms with Gasteiger partial charge in [0.15, 0.2) is 0 Å². The Hall–Kier alpha value is -1.02. The summed E-state index contributed by atoms with van der Waals surface area (Å²) in [4.78, 5) is 2.64. The van der Waals surface area contributed by atoms with Gasteiger partial charge in [-0.05, 0) is 42.7 Å². The molecule has 1 aromatic rings. The topological polar surface area (TPSA) is 15.3 Å². The molecule has 1 heterocycles. The van der Waals surface area contributed by atoms with E-state index in [2.05, 4.69) is 48.3 Å². The summed E-state index contributed by atoms with van der Waals surface area (Å²) in [6, 6.07) is 9.56. The van der Waals surface area contributed by atoms with Gasteiger partial charge in [-0.1, -0.05) is 32.0 Å². The van der Waals surface area contributed by atoms with Crippen LogP contribution in [0.25, 0.3) is 0 Å². The van der Waals surface area contributed by atoms with Crippen molar-refractivity contribution in [1.82, 2.24) is 5.32 Å². The number of para-hydroxylation sites is 1. The average molecular weight is 258 g/mol. The van der Waals surface area contributed by atoms with Crippen LogP contribution in [0.4, 0.5) is 5.69 Å². The molecule has 1 aliphatic heterocycles. The molecule has 1 aromatic carbocycles. The van der Waals surface area contributed by atoms with Gasteiger partial charge in [-0.15, -0.1) is 0 Å². The summed E-state index contributed by atoms with van der Waals surface area (Å²) in [6.07, 6.45) is 4.14. The number of rotatable bonds is 4. The van der Waals surface area contributed by atoms with Gasteiger partial charge in [-0.2, -0.15) is 0 Å². The maximum atomic E-state index is 3.75. The van der Waals surface area contributed by atoms with Crippen LogP contribution in [-0.2, 0) is 6.54 Å². The van der Waals surface area contributed by atoms with Crippen molar-refractivity contribution in [2.24, 2.45) is 11.8 Å². The minimum Gasteiger partial charge on any atom is -0.369 e. The fourth-order valence-corrected chi connectivity index (χ4v) is 3.16. The third kappa shape index (κ3) is 3.30. The monoisotopic (exact) mass is 258 g/mol. The van der Waals surface area contributed by atoms with Crippen molar-refractivity contribution < 1.29 is 0 Å². The van der Waals surface area contributed by atoms with Crippen LogP contribution < -0.4 is 10.2 Å². The van der Waals surface area contributed by atoms with E-state index in [-0.39, 0.29) is 0 Å². The molecule has 0 radical (unpaired) electrons. The number of nitrogens with zero attached hydrogens (tertiary/aromatic N) is 1. The number of nitrogens with one attached hydrogen (secondary N) is 1. The first-order chi connectivity index (χ1) is 9.22. The molecule has 0 amide bonds. The highest BCUT2D eigenvalue weighted by molar-refractivity contribution is 5.54. The zero-order valence-corrected chi connectivity index (χ0v) is 12.2. The molecular weight excluding hydrogens is 232 g/mol. The fourth-order valence-electron chi connectivity index (χ4n) is 3.16. The Morgan fingerprint density at radius 3 is 2.79 bits per heavy atom. The molecule has 1 atom stereocenters. The van der Waals surface area contributed by atoms with Crippen molar-refractivity contribution in [2.75, 3.05) is 18.0 Å². The summed E-state index contributed by atoms with van der Waals surface area (Å²) in [6.45, 7) is 8.10. The maximum absolute atomic E-state index is 3.75. The summed E-state index contributed by atoms with van der Waals surface area (Å²) in [5.74, 6) is 1.72. The Bertz CT molecular complexity index is 423. The Balaban J connectivity index is 1.79. The van der Waals surface area contributed by atoms with Gasteiger partial charge in [0.1, 0.15) is 0 Å². The van der Waals surface area contributed by atoms with Crippen LogP contribution in [0.1, 0.15) is 38.7 Å². The Labute approximate surface area is 117 Å². The SMILES string of the molecule is CC(C)CC1CN(CC2CC2)c2ccccc2CN1. The van der Waals surface area contributed by atoms with Crippen LogP contribution in [-0.4, -0.2) is 19.1 Å². The predicted octanol–water partition coefficient (Wildman–Crippen LogP) is 3.42. The normalized spacial score (nSPS) is 23.3. The molecule has 0 saturated heterocycles. The summed E-state index contributed by atoms with van der Waals surface area (Å²) >= 11 is 0. The highest BCUT2D eigenvalue weighted by Crippen LogP contribution is 2.33. The van der Waals surface area contributed by atoms with E-state index in [9.17, 15) is 0 Å². The highest BCUT2D eigenvalue weighted by Gasteiger charge is 2.28. The molecule has 104 valence electrons. The smallest absolute Gasteiger partial charge is 0.0412 e. The molecule has 2 aliphatic rings. The third-order valence-electron chi connectivity index (χ3n) is 4.29. The third-order valence-corrected chi connectivity index (χ3v) is 4.29. The quantitative estimate of drug-likeness (QED) is 0.890. The molecular formula is C17H26N2. The van der Waals surface area contributed by atoms with Gasteiger partial charge in [-0.25, -0.2) is 0 Å². The lowest BCUT2D eigenvalue weighted by molar-refractivity contribution is 0.420. The second-order valence-electron chi connectivity index (χ2n) is 6.68. The molecule has 0 spiro atoms. The van der Waals surface area contributed by atoms with Crippen molar-refractivity contribution in [3.8, 4) is 0 Å². The second kappa shape index (κ2) is 5.54. The molecule has 0 aromatic heterocycles. The number of fused-ring (bicyclic) bond motifs is 1. The molecule has 1 fully saturated rings. The van der Waals surface area contributed by atoms with Crippen molar-refractivity contribution in [1.29, 1.82) is 0 Å². The van der Waals surface area contributed by atoms with E-state index in [1.807, 2.05) is 0 Å². The maximum Gasteiger partial charge on any atom is 0.0412 e. The molecule has 1 saturated carbocycles. The van der Waals surface area contributed by atoms with Gasteiger partial charge < -0.3 is 10.2 Å². The van der Waals surface area contributed by atoms with E-state index in [0.717, 1.165) is 18.4 Å². The van der Waals surface area contributed by atoms with Crippen LogP contribution in [0.3, 0.4) is 0 Å². The summed E-state index contributed by atoms with van der Waals surface area (Å²) in [5.41, 5.74) is 2.93. The Morgan fingerprint density at radius 2 is 2.05 bits per heavy atom. The van der Waals surface area contributed by atoms with Crippen LogP contribution in [0.15, 0.2) is 24.3 Å². The zero-order valence-electron chi connectivity index (χ0n) is 12.2.